The van der Waals surface area contributed by atoms with Crippen LogP contribution in [0.3, 0.4) is 0 Å². The first-order valence-electron chi connectivity index (χ1n) is 5.76. The van der Waals surface area contributed by atoms with Crippen LogP contribution >= 0.6 is 11.6 Å². The highest BCUT2D eigenvalue weighted by molar-refractivity contribution is 6.34. The number of nitrogens with zero attached hydrogens (tertiary/aromatic N) is 2. The number of nitrogens with one attached hydrogen (secondary N) is 1. The zero-order valence-corrected chi connectivity index (χ0v) is 11.5. The summed E-state index contributed by atoms with van der Waals surface area (Å²) < 4.78 is 0. The van der Waals surface area contributed by atoms with E-state index < -0.39 is 0 Å². The Balaban J connectivity index is 2.13. The highest BCUT2D eigenvalue weighted by atomic mass is 35.5. The first-order chi connectivity index (χ1) is 9.08. The van der Waals surface area contributed by atoms with Crippen molar-refractivity contribution in [3.8, 4) is 0 Å². The fourth-order valence-electron chi connectivity index (χ4n) is 1.60. The zero-order chi connectivity index (χ0) is 13.8. The second-order valence-corrected chi connectivity index (χ2v) is 4.66. The van der Waals surface area contributed by atoms with E-state index in [1.54, 1.807) is 6.07 Å². The van der Waals surface area contributed by atoms with Gasteiger partial charge in [0.1, 0.15) is 0 Å². The fourth-order valence-corrected chi connectivity index (χ4v) is 1.81. The molecule has 1 heterocycles. The quantitative estimate of drug-likeness (QED) is 0.936. The van der Waals surface area contributed by atoms with Crippen molar-refractivity contribution in [2.45, 2.75) is 0 Å². The number of halogens is 1. The van der Waals surface area contributed by atoms with Crippen LogP contribution in [0.15, 0.2) is 42.7 Å². The second kappa shape index (κ2) is 5.71. The lowest BCUT2D eigenvalue weighted by atomic mass is 10.2. The van der Waals surface area contributed by atoms with E-state index in [2.05, 4.69) is 10.3 Å². The number of hydrogen-bond donors (Lipinski definition) is 1. The maximum absolute atomic E-state index is 12.0. The molecule has 2 aromatic rings. The summed E-state index contributed by atoms with van der Waals surface area (Å²) in [6.07, 6.45) is 2.99. The molecular formula is C14H14ClN3O. The van der Waals surface area contributed by atoms with Gasteiger partial charge in [-0.05, 0) is 30.3 Å². The van der Waals surface area contributed by atoms with Gasteiger partial charge in [0.2, 0.25) is 0 Å². The summed E-state index contributed by atoms with van der Waals surface area (Å²) in [4.78, 5) is 17.9. The molecule has 1 N–H and O–H groups in total. The molecule has 0 spiro atoms. The van der Waals surface area contributed by atoms with E-state index in [1.165, 1.54) is 12.4 Å². The Morgan fingerprint density at radius 1 is 1.21 bits per heavy atom. The first kappa shape index (κ1) is 13.4. The summed E-state index contributed by atoms with van der Waals surface area (Å²) in [5.74, 6) is -0.245. The van der Waals surface area contributed by atoms with Crippen LogP contribution in [0.4, 0.5) is 11.4 Å². The summed E-state index contributed by atoms with van der Waals surface area (Å²) in [5.41, 5.74) is 2.21. The predicted octanol–water partition coefficient (Wildman–Crippen LogP) is 3.05. The molecule has 0 saturated heterocycles. The summed E-state index contributed by atoms with van der Waals surface area (Å²) in [6.45, 7) is 0. The molecule has 0 atom stereocenters. The molecule has 19 heavy (non-hydrogen) atoms. The van der Waals surface area contributed by atoms with E-state index in [0.29, 0.717) is 10.6 Å². The van der Waals surface area contributed by atoms with Crippen molar-refractivity contribution in [2.24, 2.45) is 0 Å². The molecule has 1 aromatic carbocycles. The van der Waals surface area contributed by atoms with Gasteiger partial charge in [-0.15, -0.1) is 0 Å². The van der Waals surface area contributed by atoms with Crippen LogP contribution in [0.1, 0.15) is 10.4 Å². The second-order valence-electron chi connectivity index (χ2n) is 4.25. The van der Waals surface area contributed by atoms with E-state index in [-0.39, 0.29) is 5.91 Å². The number of hydrogen-bond acceptors (Lipinski definition) is 3. The SMILES string of the molecule is CN(C)c1ccc(NC(=O)c2ccncc2Cl)cc1. The van der Waals surface area contributed by atoms with Crippen molar-refractivity contribution in [3.05, 3.63) is 53.3 Å². The average Bonchev–Trinajstić information content (AvgIpc) is 2.39. The van der Waals surface area contributed by atoms with Gasteiger partial charge in [0.05, 0.1) is 10.6 Å². The smallest absolute Gasteiger partial charge is 0.257 e. The minimum absolute atomic E-state index is 0.245. The lowest BCUT2D eigenvalue weighted by Crippen LogP contribution is -2.13. The van der Waals surface area contributed by atoms with Gasteiger partial charge in [-0.3, -0.25) is 9.78 Å². The summed E-state index contributed by atoms with van der Waals surface area (Å²) >= 11 is 5.92. The largest absolute Gasteiger partial charge is 0.378 e. The van der Waals surface area contributed by atoms with E-state index in [1.807, 2.05) is 43.3 Å². The standard InChI is InChI=1S/C14H14ClN3O/c1-18(2)11-5-3-10(4-6-11)17-14(19)12-7-8-16-9-13(12)15/h3-9H,1-2H3,(H,17,19). The van der Waals surface area contributed by atoms with Crippen molar-refractivity contribution in [1.29, 1.82) is 0 Å². The molecule has 0 aliphatic carbocycles. The lowest BCUT2D eigenvalue weighted by molar-refractivity contribution is 0.102. The summed E-state index contributed by atoms with van der Waals surface area (Å²) in [5, 5.41) is 3.13. The fraction of sp³-hybridized carbons (Fsp3) is 0.143. The van der Waals surface area contributed by atoms with Gasteiger partial charge in [-0.25, -0.2) is 0 Å². The molecule has 0 saturated carbocycles. The molecule has 98 valence electrons. The Hall–Kier alpha value is -2.07. The molecule has 0 unspecified atom stereocenters. The molecule has 5 heteroatoms. The number of aromatic nitrogens is 1. The van der Waals surface area contributed by atoms with Gasteiger partial charge in [-0.1, -0.05) is 11.6 Å². The van der Waals surface area contributed by atoms with E-state index >= 15 is 0 Å². The topological polar surface area (TPSA) is 45.2 Å². The first-order valence-corrected chi connectivity index (χ1v) is 6.14. The highest BCUT2D eigenvalue weighted by Gasteiger charge is 2.10. The third-order valence-corrected chi connectivity index (χ3v) is 2.96. The van der Waals surface area contributed by atoms with Crippen molar-refractivity contribution < 1.29 is 4.79 Å². The van der Waals surface area contributed by atoms with Gasteiger partial charge in [0.25, 0.3) is 5.91 Å². The molecule has 0 aliphatic heterocycles. The molecule has 0 aliphatic rings. The zero-order valence-electron chi connectivity index (χ0n) is 10.7. The number of amides is 1. The van der Waals surface area contributed by atoms with Crippen molar-refractivity contribution in [1.82, 2.24) is 4.98 Å². The Kier molecular flexibility index (Phi) is 4.02. The number of anilines is 2. The number of benzene rings is 1. The van der Waals surface area contributed by atoms with Gasteiger partial charge in [-0.2, -0.15) is 0 Å². The summed E-state index contributed by atoms with van der Waals surface area (Å²) in [6, 6.07) is 9.16. The Morgan fingerprint density at radius 3 is 2.47 bits per heavy atom. The van der Waals surface area contributed by atoms with E-state index in [0.717, 1.165) is 11.4 Å². The van der Waals surface area contributed by atoms with Crippen LogP contribution in [0.5, 0.6) is 0 Å². The summed E-state index contributed by atoms with van der Waals surface area (Å²) in [7, 11) is 3.93. The van der Waals surface area contributed by atoms with Crippen molar-refractivity contribution in [2.75, 3.05) is 24.3 Å². The van der Waals surface area contributed by atoms with Crippen LogP contribution < -0.4 is 10.2 Å². The number of carbonyl (C=O) groups is 1. The molecule has 4 nitrogen and oxygen atoms in total. The molecule has 0 fully saturated rings. The van der Waals surface area contributed by atoms with Gasteiger partial charge >= 0.3 is 0 Å². The molecular weight excluding hydrogens is 262 g/mol. The average molecular weight is 276 g/mol. The van der Waals surface area contributed by atoms with Crippen molar-refractivity contribution >= 4 is 28.9 Å². The van der Waals surface area contributed by atoms with Gasteiger partial charge < -0.3 is 10.2 Å². The predicted molar refractivity (Wildman–Crippen MR) is 78.0 cm³/mol. The molecule has 0 radical (unpaired) electrons. The molecule has 1 amide bonds. The number of carbonyl (C=O) groups excluding carboxylic acids is 1. The number of rotatable bonds is 3. The minimum Gasteiger partial charge on any atom is -0.378 e. The normalized spacial score (nSPS) is 10.1. The monoisotopic (exact) mass is 275 g/mol. The molecule has 1 aromatic heterocycles. The molecule has 2 rings (SSSR count). The Labute approximate surface area is 117 Å². The maximum Gasteiger partial charge on any atom is 0.257 e. The third kappa shape index (κ3) is 3.23. The number of pyridine rings is 1. The lowest BCUT2D eigenvalue weighted by Gasteiger charge is -2.13. The van der Waals surface area contributed by atoms with Gasteiger partial charge in [0, 0.05) is 37.9 Å². The van der Waals surface area contributed by atoms with Crippen molar-refractivity contribution in [3.63, 3.8) is 0 Å². The van der Waals surface area contributed by atoms with Gasteiger partial charge in [0.15, 0.2) is 0 Å². The van der Waals surface area contributed by atoms with Crippen LogP contribution in [0, 0.1) is 0 Å². The highest BCUT2D eigenvalue weighted by Crippen LogP contribution is 2.18. The van der Waals surface area contributed by atoms with Crippen LogP contribution in [0.2, 0.25) is 5.02 Å². The molecule has 0 bridgehead atoms. The van der Waals surface area contributed by atoms with E-state index in [9.17, 15) is 4.79 Å². The maximum atomic E-state index is 12.0. The van der Waals surface area contributed by atoms with Crippen LogP contribution in [-0.4, -0.2) is 25.0 Å². The Morgan fingerprint density at radius 2 is 1.89 bits per heavy atom. The van der Waals surface area contributed by atoms with Crippen LogP contribution in [-0.2, 0) is 0 Å². The van der Waals surface area contributed by atoms with E-state index in [4.69, 9.17) is 11.6 Å². The minimum atomic E-state index is -0.245. The third-order valence-electron chi connectivity index (χ3n) is 2.66. The Bertz CT molecular complexity index is 581. The van der Waals surface area contributed by atoms with Crippen LogP contribution in [0.25, 0.3) is 0 Å².